The number of imide groups is 1. The summed E-state index contributed by atoms with van der Waals surface area (Å²) in [6, 6.07) is 12.0. The summed E-state index contributed by atoms with van der Waals surface area (Å²) in [7, 11) is 0. The number of carbonyl (C=O) groups excluding carboxylic acids is 2. The fourth-order valence-corrected chi connectivity index (χ4v) is 2.62. The summed E-state index contributed by atoms with van der Waals surface area (Å²) in [5, 5.41) is 3.05. The van der Waals surface area contributed by atoms with Crippen molar-refractivity contribution in [2.75, 3.05) is 10.2 Å². The van der Waals surface area contributed by atoms with E-state index in [4.69, 9.17) is 0 Å². The van der Waals surface area contributed by atoms with Gasteiger partial charge >= 0.3 is 0 Å². The largest absolute Gasteiger partial charge is 0.373 e. The standard InChI is InChI=1S/C16H12BrFN2O2/c17-10-1-5-12(6-2-10)19-14-9-15(21)20(16(14)22)13-7-3-11(18)4-8-13/h1-8,14,19H,9H2. The number of halogens is 2. The lowest BCUT2D eigenvalue weighted by Crippen LogP contribution is -2.34. The maximum Gasteiger partial charge on any atom is 0.256 e. The van der Waals surface area contributed by atoms with E-state index in [9.17, 15) is 14.0 Å². The Kier molecular flexibility index (Phi) is 3.94. The molecule has 6 heteroatoms. The lowest BCUT2D eigenvalue weighted by Gasteiger charge is -2.16. The Morgan fingerprint density at radius 1 is 1.05 bits per heavy atom. The predicted octanol–water partition coefficient (Wildman–Crippen LogP) is 3.33. The van der Waals surface area contributed by atoms with Crippen LogP contribution in [0.2, 0.25) is 0 Å². The van der Waals surface area contributed by atoms with Crippen molar-refractivity contribution in [3.05, 3.63) is 58.8 Å². The second-order valence-corrected chi connectivity index (χ2v) is 5.87. The van der Waals surface area contributed by atoms with E-state index in [1.54, 1.807) is 0 Å². The van der Waals surface area contributed by atoms with Crippen LogP contribution in [0.5, 0.6) is 0 Å². The molecule has 1 atom stereocenters. The molecule has 2 amide bonds. The minimum atomic E-state index is -0.612. The van der Waals surface area contributed by atoms with Crippen molar-refractivity contribution >= 4 is 39.1 Å². The number of rotatable bonds is 3. The molecule has 1 unspecified atom stereocenters. The average molecular weight is 363 g/mol. The van der Waals surface area contributed by atoms with Gasteiger partial charge in [0.2, 0.25) is 5.91 Å². The van der Waals surface area contributed by atoms with E-state index in [1.807, 2.05) is 24.3 Å². The van der Waals surface area contributed by atoms with Gasteiger partial charge in [-0.05, 0) is 48.5 Å². The van der Waals surface area contributed by atoms with Crippen molar-refractivity contribution in [2.24, 2.45) is 0 Å². The Hall–Kier alpha value is -2.21. The number of nitrogens with one attached hydrogen (secondary N) is 1. The molecule has 0 spiro atoms. The summed E-state index contributed by atoms with van der Waals surface area (Å²) < 4.78 is 13.9. The molecule has 3 rings (SSSR count). The number of carbonyl (C=O) groups is 2. The van der Waals surface area contributed by atoms with Crippen LogP contribution in [0, 0.1) is 5.82 Å². The van der Waals surface area contributed by atoms with Crippen molar-refractivity contribution in [3.63, 3.8) is 0 Å². The highest BCUT2D eigenvalue weighted by atomic mass is 79.9. The minimum Gasteiger partial charge on any atom is -0.373 e. The monoisotopic (exact) mass is 362 g/mol. The van der Waals surface area contributed by atoms with Crippen molar-refractivity contribution in [3.8, 4) is 0 Å². The number of nitrogens with zero attached hydrogens (tertiary/aromatic N) is 1. The van der Waals surface area contributed by atoms with Crippen LogP contribution in [0.15, 0.2) is 53.0 Å². The number of hydrogen-bond acceptors (Lipinski definition) is 3. The van der Waals surface area contributed by atoms with E-state index in [2.05, 4.69) is 21.2 Å². The van der Waals surface area contributed by atoms with Gasteiger partial charge in [0.25, 0.3) is 5.91 Å². The van der Waals surface area contributed by atoms with Gasteiger partial charge in [-0.3, -0.25) is 9.59 Å². The highest BCUT2D eigenvalue weighted by molar-refractivity contribution is 9.10. The molecule has 0 radical (unpaired) electrons. The molecule has 4 nitrogen and oxygen atoms in total. The Morgan fingerprint density at radius 3 is 2.32 bits per heavy atom. The molecule has 112 valence electrons. The molecular weight excluding hydrogens is 351 g/mol. The number of benzene rings is 2. The maximum atomic E-state index is 13.0. The third-order valence-electron chi connectivity index (χ3n) is 3.42. The predicted molar refractivity (Wildman–Crippen MR) is 85.1 cm³/mol. The summed E-state index contributed by atoms with van der Waals surface area (Å²) in [4.78, 5) is 25.6. The number of anilines is 2. The minimum absolute atomic E-state index is 0.0757. The van der Waals surface area contributed by atoms with Crippen LogP contribution in [-0.2, 0) is 9.59 Å². The third kappa shape index (κ3) is 2.87. The summed E-state index contributed by atoms with van der Waals surface area (Å²) in [5.74, 6) is -1.04. The van der Waals surface area contributed by atoms with Crippen LogP contribution in [0.25, 0.3) is 0 Å². The van der Waals surface area contributed by atoms with Gasteiger partial charge in [-0.15, -0.1) is 0 Å². The molecule has 2 aromatic carbocycles. The Balaban J connectivity index is 1.79. The zero-order valence-electron chi connectivity index (χ0n) is 11.4. The van der Waals surface area contributed by atoms with E-state index < -0.39 is 11.9 Å². The maximum absolute atomic E-state index is 13.0. The molecule has 0 saturated carbocycles. The van der Waals surface area contributed by atoms with Crippen molar-refractivity contribution in [1.82, 2.24) is 0 Å². The molecule has 1 fully saturated rings. The van der Waals surface area contributed by atoms with Crippen LogP contribution in [0.4, 0.5) is 15.8 Å². The molecule has 0 aromatic heterocycles. The number of amides is 2. The topological polar surface area (TPSA) is 49.4 Å². The van der Waals surface area contributed by atoms with Crippen molar-refractivity contribution in [2.45, 2.75) is 12.5 Å². The van der Waals surface area contributed by atoms with Crippen molar-refractivity contribution < 1.29 is 14.0 Å². The highest BCUT2D eigenvalue weighted by Gasteiger charge is 2.39. The molecule has 1 aliphatic heterocycles. The number of hydrogen-bond donors (Lipinski definition) is 1. The Bertz CT molecular complexity index is 716. The Labute approximate surface area is 135 Å². The molecule has 22 heavy (non-hydrogen) atoms. The van der Waals surface area contributed by atoms with Crippen molar-refractivity contribution in [1.29, 1.82) is 0 Å². The summed E-state index contributed by atoms with van der Waals surface area (Å²) in [6.45, 7) is 0. The van der Waals surface area contributed by atoms with Gasteiger partial charge in [-0.2, -0.15) is 0 Å². The van der Waals surface area contributed by atoms with Crippen LogP contribution in [0.1, 0.15) is 6.42 Å². The van der Waals surface area contributed by atoms with Crippen LogP contribution >= 0.6 is 15.9 Å². The van der Waals surface area contributed by atoms with Gasteiger partial charge in [0.05, 0.1) is 12.1 Å². The zero-order valence-corrected chi connectivity index (χ0v) is 13.0. The van der Waals surface area contributed by atoms with Gasteiger partial charge in [0, 0.05) is 10.2 Å². The van der Waals surface area contributed by atoms with E-state index in [0.29, 0.717) is 5.69 Å². The van der Waals surface area contributed by atoms with Crippen LogP contribution in [-0.4, -0.2) is 17.9 Å². The van der Waals surface area contributed by atoms with Crippen LogP contribution in [0.3, 0.4) is 0 Å². The van der Waals surface area contributed by atoms with Gasteiger partial charge in [0.15, 0.2) is 0 Å². The summed E-state index contributed by atoms with van der Waals surface area (Å²) in [5.41, 5.74) is 1.15. The lowest BCUT2D eigenvalue weighted by molar-refractivity contribution is -0.121. The molecule has 1 N–H and O–H groups in total. The molecule has 1 aliphatic rings. The molecule has 0 aliphatic carbocycles. The van der Waals surface area contributed by atoms with Gasteiger partial charge in [0.1, 0.15) is 11.9 Å². The van der Waals surface area contributed by atoms with E-state index in [0.717, 1.165) is 15.1 Å². The quantitative estimate of drug-likeness (QED) is 0.852. The van der Waals surface area contributed by atoms with Gasteiger partial charge < -0.3 is 5.32 Å². The first-order chi connectivity index (χ1) is 10.5. The van der Waals surface area contributed by atoms with E-state index in [1.165, 1.54) is 24.3 Å². The summed E-state index contributed by atoms with van der Waals surface area (Å²) in [6.07, 6.45) is 0.0757. The van der Waals surface area contributed by atoms with E-state index >= 15 is 0 Å². The van der Waals surface area contributed by atoms with Crippen LogP contribution < -0.4 is 10.2 Å². The smallest absolute Gasteiger partial charge is 0.256 e. The fourth-order valence-electron chi connectivity index (χ4n) is 2.35. The SMILES string of the molecule is O=C1CC(Nc2ccc(Br)cc2)C(=O)N1c1ccc(F)cc1. The molecule has 0 bridgehead atoms. The zero-order chi connectivity index (χ0) is 15.7. The summed E-state index contributed by atoms with van der Waals surface area (Å²) >= 11 is 3.34. The molecule has 1 heterocycles. The first kappa shape index (κ1) is 14.7. The Morgan fingerprint density at radius 2 is 1.68 bits per heavy atom. The normalized spacial score (nSPS) is 17.9. The first-order valence-corrected chi connectivity index (χ1v) is 7.48. The second kappa shape index (κ2) is 5.88. The third-order valence-corrected chi connectivity index (χ3v) is 3.95. The molecule has 1 saturated heterocycles. The first-order valence-electron chi connectivity index (χ1n) is 6.69. The average Bonchev–Trinajstić information content (AvgIpc) is 2.77. The second-order valence-electron chi connectivity index (χ2n) is 4.95. The van der Waals surface area contributed by atoms with Gasteiger partial charge in [-0.25, -0.2) is 9.29 Å². The fraction of sp³-hybridized carbons (Fsp3) is 0.125. The molecular formula is C16H12BrFN2O2. The van der Waals surface area contributed by atoms with Gasteiger partial charge in [-0.1, -0.05) is 15.9 Å². The lowest BCUT2D eigenvalue weighted by atomic mass is 10.2. The highest BCUT2D eigenvalue weighted by Crippen LogP contribution is 2.25. The van der Waals surface area contributed by atoms with E-state index in [-0.39, 0.29) is 18.2 Å². The molecule has 2 aromatic rings.